The minimum Gasteiger partial charge on any atom is -0.298 e. The maximum absolute atomic E-state index is 11.3. The molecule has 82 valence electrons. The predicted molar refractivity (Wildman–Crippen MR) is 55.3 cm³/mol. The van der Waals surface area contributed by atoms with E-state index >= 15 is 0 Å². The molecule has 2 N–H and O–H groups in total. The van der Waals surface area contributed by atoms with E-state index in [-0.39, 0.29) is 5.25 Å². The molecule has 2 bridgehead atoms. The third-order valence-corrected chi connectivity index (χ3v) is 4.98. The van der Waals surface area contributed by atoms with Gasteiger partial charge in [-0.2, -0.15) is 0 Å². The van der Waals surface area contributed by atoms with E-state index < -0.39 is 10.0 Å². The minimum atomic E-state index is -3.31. The van der Waals surface area contributed by atoms with Gasteiger partial charge in [0.1, 0.15) is 0 Å². The van der Waals surface area contributed by atoms with Crippen molar-refractivity contribution < 1.29 is 8.42 Å². The average molecular weight is 218 g/mol. The lowest BCUT2D eigenvalue weighted by atomic mass is 10.0. The zero-order valence-electron chi connectivity index (χ0n) is 8.52. The SMILES string of the molecule is CCN1[C@@H]2CC[C@H]1C[C@@H](S(N)(=O)=O)C2. The van der Waals surface area contributed by atoms with Gasteiger partial charge in [-0.3, -0.25) is 4.90 Å². The fourth-order valence-electron chi connectivity index (χ4n) is 3.01. The van der Waals surface area contributed by atoms with Gasteiger partial charge < -0.3 is 0 Å². The summed E-state index contributed by atoms with van der Waals surface area (Å²) in [6.07, 6.45) is 3.77. The number of fused-ring (bicyclic) bond motifs is 2. The lowest BCUT2D eigenvalue weighted by Gasteiger charge is -2.37. The summed E-state index contributed by atoms with van der Waals surface area (Å²) in [4.78, 5) is 2.43. The van der Waals surface area contributed by atoms with E-state index in [1.807, 2.05) is 0 Å². The van der Waals surface area contributed by atoms with Gasteiger partial charge in [-0.1, -0.05) is 6.92 Å². The first-order valence-electron chi connectivity index (χ1n) is 5.29. The first-order valence-corrected chi connectivity index (χ1v) is 6.90. The monoisotopic (exact) mass is 218 g/mol. The molecular weight excluding hydrogens is 200 g/mol. The van der Waals surface area contributed by atoms with E-state index in [2.05, 4.69) is 11.8 Å². The molecule has 14 heavy (non-hydrogen) atoms. The summed E-state index contributed by atoms with van der Waals surface area (Å²) in [5.74, 6) is 0. The summed E-state index contributed by atoms with van der Waals surface area (Å²) in [6.45, 7) is 3.18. The highest BCUT2D eigenvalue weighted by molar-refractivity contribution is 7.89. The number of sulfonamides is 1. The van der Waals surface area contributed by atoms with Crippen LogP contribution in [0.3, 0.4) is 0 Å². The van der Waals surface area contributed by atoms with Gasteiger partial charge in [-0.25, -0.2) is 13.6 Å². The molecule has 2 fully saturated rings. The second kappa shape index (κ2) is 3.47. The molecule has 2 rings (SSSR count). The molecule has 0 aliphatic carbocycles. The summed E-state index contributed by atoms with van der Waals surface area (Å²) in [7, 11) is -3.31. The number of nitrogens with zero attached hydrogens (tertiary/aromatic N) is 1. The molecule has 0 aromatic heterocycles. The highest BCUT2D eigenvalue weighted by atomic mass is 32.2. The Bertz CT molecular complexity index is 301. The topological polar surface area (TPSA) is 63.4 Å². The third kappa shape index (κ3) is 1.68. The molecule has 3 atom stereocenters. The second-order valence-corrected chi connectivity index (χ2v) is 6.24. The molecule has 2 heterocycles. The lowest BCUT2D eigenvalue weighted by molar-refractivity contribution is 0.150. The molecule has 0 spiro atoms. The highest BCUT2D eigenvalue weighted by Gasteiger charge is 2.43. The zero-order chi connectivity index (χ0) is 10.3. The first-order chi connectivity index (χ1) is 6.52. The summed E-state index contributed by atoms with van der Waals surface area (Å²) in [6, 6.07) is 0.921. The fourth-order valence-corrected chi connectivity index (χ4v) is 3.99. The van der Waals surface area contributed by atoms with Crippen molar-refractivity contribution in [1.29, 1.82) is 0 Å². The molecule has 2 aliphatic heterocycles. The molecule has 2 saturated heterocycles. The van der Waals surface area contributed by atoms with Crippen molar-refractivity contribution in [3.05, 3.63) is 0 Å². The predicted octanol–water partition coefficient (Wildman–Crippen LogP) is 0.290. The Hall–Kier alpha value is -0.130. The molecular formula is C9H18N2O2S. The molecule has 2 aliphatic rings. The minimum absolute atomic E-state index is 0.289. The quantitative estimate of drug-likeness (QED) is 0.724. The van der Waals surface area contributed by atoms with Crippen LogP contribution in [0.4, 0.5) is 0 Å². The van der Waals surface area contributed by atoms with Crippen LogP contribution in [0.2, 0.25) is 0 Å². The van der Waals surface area contributed by atoms with E-state index in [1.54, 1.807) is 0 Å². The summed E-state index contributed by atoms with van der Waals surface area (Å²) in [5, 5.41) is 4.91. The van der Waals surface area contributed by atoms with Crippen LogP contribution >= 0.6 is 0 Å². The van der Waals surface area contributed by atoms with Crippen molar-refractivity contribution in [2.45, 2.75) is 49.9 Å². The first kappa shape index (κ1) is 10.4. The van der Waals surface area contributed by atoms with Crippen LogP contribution in [-0.4, -0.2) is 37.2 Å². The number of piperidine rings is 1. The Morgan fingerprint density at radius 2 is 1.79 bits per heavy atom. The summed E-state index contributed by atoms with van der Waals surface area (Å²) >= 11 is 0. The number of hydrogen-bond acceptors (Lipinski definition) is 3. The maximum atomic E-state index is 11.3. The van der Waals surface area contributed by atoms with Crippen LogP contribution in [-0.2, 0) is 10.0 Å². The fraction of sp³-hybridized carbons (Fsp3) is 1.00. The van der Waals surface area contributed by atoms with Gasteiger partial charge in [0.15, 0.2) is 0 Å². The number of primary sulfonamides is 1. The van der Waals surface area contributed by atoms with E-state index in [0.29, 0.717) is 12.1 Å². The Balaban J connectivity index is 2.13. The van der Waals surface area contributed by atoms with Gasteiger partial charge in [0.25, 0.3) is 0 Å². The molecule has 0 aromatic rings. The molecule has 4 nitrogen and oxygen atoms in total. The average Bonchev–Trinajstić information content (AvgIpc) is 2.32. The van der Waals surface area contributed by atoms with Crippen molar-refractivity contribution in [3.63, 3.8) is 0 Å². The normalized spacial score (nSPS) is 38.9. The Labute approximate surface area is 85.5 Å². The summed E-state index contributed by atoms with van der Waals surface area (Å²) in [5.41, 5.74) is 0. The van der Waals surface area contributed by atoms with Crippen molar-refractivity contribution in [2.75, 3.05) is 6.54 Å². The Kier molecular flexibility index (Phi) is 2.57. The Morgan fingerprint density at radius 1 is 1.29 bits per heavy atom. The molecule has 0 amide bonds. The Morgan fingerprint density at radius 3 is 2.14 bits per heavy atom. The van der Waals surface area contributed by atoms with Crippen LogP contribution in [0.1, 0.15) is 32.6 Å². The molecule has 5 heteroatoms. The van der Waals surface area contributed by atoms with Gasteiger partial charge in [-0.15, -0.1) is 0 Å². The summed E-state index contributed by atoms with van der Waals surface area (Å²) < 4.78 is 22.5. The van der Waals surface area contributed by atoms with Crippen molar-refractivity contribution >= 4 is 10.0 Å². The third-order valence-electron chi connectivity index (χ3n) is 3.67. The van der Waals surface area contributed by atoms with E-state index in [4.69, 9.17) is 5.14 Å². The largest absolute Gasteiger partial charge is 0.298 e. The molecule has 0 radical (unpaired) electrons. The van der Waals surface area contributed by atoms with Crippen LogP contribution in [0, 0.1) is 0 Å². The van der Waals surface area contributed by atoms with Crippen molar-refractivity contribution in [1.82, 2.24) is 4.90 Å². The highest BCUT2D eigenvalue weighted by Crippen LogP contribution is 2.37. The maximum Gasteiger partial charge on any atom is 0.212 e. The molecule has 0 aromatic carbocycles. The van der Waals surface area contributed by atoms with Crippen molar-refractivity contribution in [2.24, 2.45) is 5.14 Å². The standard InChI is InChI=1S/C9H18N2O2S/c1-2-11-7-3-4-8(11)6-9(5-7)14(10,12)13/h7-9H,2-6H2,1H3,(H2,10,12,13)/t7-,8+,9+. The number of rotatable bonds is 2. The zero-order valence-corrected chi connectivity index (χ0v) is 9.33. The van der Waals surface area contributed by atoms with Crippen LogP contribution in [0.25, 0.3) is 0 Å². The van der Waals surface area contributed by atoms with Gasteiger partial charge in [0, 0.05) is 12.1 Å². The van der Waals surface area contributed by atoms with Gasteiger partial charge in [0.2, 0.25) is 10.0 Å². The van der Waals surface area contributed by atoms with Crippen LogP contribution in [0.5, 0.6) is 0 Å². The second-order valence-electron chi connectivity index (χ2n) is 4.40. The van der Waals surface area contributed by atoms with Crippen molar-refractivity contribution in [3.8, 4) is 0 Å². The van der Waals surface area contributed by atoms with Gasteiger partial charge in [0.05, 0.1) is 5.25 Å². The van der Waals surface area contributed by atoms with Crippen LogP contribution in [0.15, 0.2) is 0 Å². The van der Waals surface area contributed by atoms with Crippen LogP contribution < -0.4 is 5.14 Å². The van der Waals surface area contributed by atoms with E-state index in [0.717, 1.165) is 32.2 Å². The smallest absolute Gasteiger partial charge is 0.212 e. The number of hydrogen-bond donors (Lipinski definition) is 1. The number of nitrogens with two attached hydrogens (primary N) is 1. The molecule has 0 saturated carbocycles. The molecule has 0 unspecified atom stereocenters. The van der Waals surface area contributed by atoms with Gasteiger partial charge in [-0.05, 0) is 32.2 Å². The van der Waals surface area contributed by atoms with E-state index in [9.17, 15) is 8.42 Å². The van der Waals surface area contributed by atoms with E-state index in [1.165, 1.54) is 0 Å². The van der Waals surface area contributed by atoms with Gasteiger partial charge >= 0.3 is 0 Å². The lowest BCUT2D eigenvalue weighted by Crippen LogP contribution is -2.48.